The largest absolute Gasteiger partial charge is 0.477 e. The number of fused-ring (bicyclic) bond motifs is 4. The van der Waals surface area contributed by atoms with Gasteiger partial charge in [0.25, 0.3) is 0 Å². The van der Waals surface area contributed by atoms with Crippen molar-refractivity contribution in [2.45, 2.75) is 65.7 Å². The molecule has 0 fully saturated rings. The number of rotatable bonds is 2. The molecule has 0 saturated heterocycles. The van der Waals surface area contributed by atoms with Crippen LogP contribution in [0.4, 0.5) is 11.4 Å². The summed E-state index contributed by atoms with van der Waals surface area (Å²) in [6.07, 6.45) is 8.17. The lowest BCUT2D eigenvalue weighted by atomic mass is 9.90. The number of aliphatic hydroxyl groups is 1. The first kappa shape index (κ1) is 33.7. The normalized spacial score (nSPS) is 15.6. The Bertz CT molecular complexity index is 1950. The van der Waals surface area contributed by atoms with Crippen LogP contribution < -0.4 is 21.1 Å². The second kappa shape index (κ2) is 14.0. The number of carboxylic acids is 1. The SMILES string of the molecule is C.CCO.COC(=O)c1cc2cc3c4c(c2oc1=O)CCCN4CCC3.O=C(O)c1cc2cc3c4c(c2oc1=O)CCCN4CCC3. The fraction of sp³-hybridized carbons (Fsp3) is 0.444. The van der Waals surface area contributed by atoms with Gasteiger partial charge in [-0.1, -0.05) is 7.43 Å². The number of nitrogens with zero attached hydrogens (tertiary/aromatic N) is 2. The minimum Gasteiger partial charge on any atom is -0.477 e. The van der Waals surface area contributed by atoms with E-state index in [1.807, 2.05) is 6.07 Å². The smallest absolute Gasteiger partial charge is 0.351 e. The Morgan fingerprint density at radius 2 is 1.15 bits per heavy atom. The van der Waals surface area contributed by atoms with Gasteiger partial charge in [-0.05, 0) is 93.7 Å². The molecule has 0 radical (unpaired) electrons. The highest BCUT2D eigenvalue weighted by atomic mass is 16.5. The molecule has 0 bridgehead atoms. The van der Waals surface area contributed by atoms with Gasteiger partial charge in [-0.25, -0.2) is 19.2 Å². The number of carbonyl (C=O) groups is 2. The van der Waals surface area contributed by atoms with E-state index in [4.69, 9.17) is 19.0 Å². The maximum absolute atomic E-state index is 12.1. The molecule has 0 atom stereocenters. The van der Waals surface area contributed by atoms with Gasteiger partial charge < -0.3 is 33.6 Å². The molecule has 8 rings (SSSR count). The van der Waals surface area contributed by atoms with Crippen LogP contribution in [0.15, 0.2) is 42.7 Å². The molecule has 2 aromatic carbocycles. The van der Waals surface area contributed by atoms with Gasteiger partial charge in [0, 0.05) is 66.1 Å². The van der Waals surface area contributed by atoms with Crippen molar-refractivity contribution in [3.05, 3.63) is 78.5 Å². The predicted molar refractivity (Wildman–Crippen MR) is 180 cm³/mol. The molecule has 0 aliphatic carbocycles. The van der Waals surface area contributed by atoms with Crippen molar-refractivity contribution in [1.82, 2.24) is 0 Å². The summed E-state index contributed by atoms with van der Waals surface area (Å²) in [7, 11) is 1.26. The fourth-order valence-electron chi connectivity index (χ4n) is 7.29. The van der Waals surface area contributed by atoms with Crippen LogP contribution in [0.25, 0.3) is 21.9 Å². The Kier molecular flexibility index (Phi) is 10.0. The maximum atomic E-state index is 12.1. The van der Waals surface area contributed by atoms with Crippen molar-refractivity contribution < 1.29 is 33.4 Å². The maximum Gasteiger partial charge on any atom is 0.351 e. The van der Waals surface area contributed by atoms with Gasteiger partial charge in [-0.3, -0.25) is 0 Å². The monoisotopic (exact) mass is 646 g/mol. The Morgan fingerprint density at radius 1 is 0.745 bits per heavy atom. The number of esters is 1. The van der Waals surface area contributed by atoms with E-state index < -0.39 is 23.2 Å². The van der Waals surface area contributed by atoms with E-state index in [0.29, 0.717) is 11.2 Å². The molecule has 11 nitrogen and oxygen atoms in total. The van der Waals surface area contributed by atoms with E-state index in [1.54, 1.807) is 13.0 Å². The van der Waals surface area contributed by atoms with Crippen molar-refractivity contribution >= 4 is 45.3 Å². The number of benzene rings is 2. The average Bonchev–Trinajstić information content (AvgIpc) is 3.05. The lowest BCUT2D eigenvalue weighted by molar-refractivity contribution is 0.0595. The van der Waals surface area contributed by atoms with Crippen LogP contribution in [-0.4, -0.2) is 62.0 Å². The Labute approximate surface area is 272 Å². The molecule has 6 heterocycles. The summed E-state index contributed by atoms with van der Waals surface area (Å²) in [6, 6.07) is 7.10. The summed E-state index contributed by atoms with van der Waals surface area (Å²) in [6.45, 7) is 6.15. The third kappa shape index (κ3) is 6.24. The summed E-state index contributed by atoms with van der Waals surface area (Å²) in [5.74, 6) is -1.89. The van der Waals surface area contributed by atoms with Crippen LogP contribution in [0.2, 0.25) is 0 Å². The Hall–Kier alpha value is -4.64. The van der Waals surface area contributed by atoms with Crippen molar-refractivity contribution in [2.24, 2.45) is 0 Å². The number of hydrogen-bond donors (Lipinski definition) is 2. The molecule has 0 spiro atoms. The van der Waals surface area contributed by atoms with Crippen LogP contribution in [0.5, 0.6) is 0 Å². The minimum absolute atomic E-state index is 0. The van der Waals surface area contributed by atoms with Gasteiger partial charge in [-0.15, -0.1) is 0 Å². The minimum atomic E-state index is -1.24. The Balaban J connectivity index is 0.000000167. The zero-order valence-electron chi connectivity index (χ0n) is 26.1. The molecule has 4 aliphatic rings. The fourth-order valence-corrected chi connectivity index (χ4v) is 7.29. The Morgan fingerprint density at radius 3 is 1.57 bits per heavy atom. The summed E-state index contributed by atoms with van der Waals surface area (Å²) in [5, 5.41) is 18.2. The van der Waals surface area contributed by atoms with E-state index >= 15 is 0 Å². The summed E-state index contributed by atoms with van der Waals surface area (Å²) < 4.78 is 15.5. The van der Waals surface area contributed by atoms with Gasteiger partial charge in [-0.2, -0.15) is 0 Å². The summed E-state index contributed by atoms with van der Waals surface area (Å²) in [5.41, 5.74) is 6.66. The zero-order chi connectivity index (χ0) is 32.5. The molecule has 11 heteroatoms. The topological polar surface area (TPSA) is 151 Å². The average molecular weight is 647 g/mol. The quantitative estimate of drug-likeness (QED) is 0.221. The molecule has 0 amide bonds. The van der Waals surface area contributed by atoms with Crippen molar-refractivity contribution in [2.75, 3.05) is 49.7 Å². The van der Waals surface area contributed by atoms with Gasteiger partial charge in [0.05, 0.1) is 7.11 Å². The first-order valence-electron chi connectivity index (χ1n) is 15.9. The standard InChI is InChI=1S/C17H17NO4.C16H15NO4.C2H6O.CH4/c1-21-16(19)13-9-11-8-10-4-2-6-18-7-3-5-12(14(10)18)15(11)22-17(13)20;18-15(19)12-8-10-7-9-3-1-5-17-6-2-4-11(13(9)17)14(10)21-16(12)20;1-2-3;/h8-9H,2-7H2,1H3;7-8H,1-6H2,(H,18,19);3H,2H2,1H3;1H4. The van der Waals surface area contributed by atoms with Crippen LogP contribution in [-0.2, 0) is 30.4 Å². The highest BCUT2D eigenvalue weighted by Gasteiger charge is 2.29. The summed E-state index contributed by atoms with van der Waals surface area (Å²) >= 11 is 0. The number of carbonyl (C=O) groups excluding carboxylic acids is 1. The first-order valence-corrected chi connectivity index (χ1v) is 15.9. The molecule has 4 aromatic rings. The van der Waals surface area contributed by atoms with Crippen LogP contribution in [0.3, 0.4) is 0 Å². The lowest BCUT2D eigenvalue weighted by Crippen LogP contribution is -2.34. The molecule has 0 saturated carbocycles. The molecule has 250 valence electrons. The number of methoxy groups -OCH3 is 1. The first-order chi connectivity index (χ1) is 22.2. The molecule has 0 unspecified atom stereocenters. The van der Waals surface area contributed by atoms with E-state index in [0.717, 1.165) is 99.4 Å². The number of anilines is 2. The van der Waals surface area contributed by atoms with Crippen molar-refractivity contribution in [3.63, 3.8) is 0 Å². The van der Waals surface area contributed by atoms with Crippen molar-refractivity contribution in [3.8, 4) is 0 Å². The highest BCUT2D eigenvalue weighted by molar-refractivity contribution is 5.96. The molecule has 2 N–H and O–H groups in total. The number of carboxylic acid groups (broad SMARTS) is 1. The third-order valence-corrected chi connectivity index (χ3v) is 9.07. The van der Waals surface area contributed by atoms with E-state index in [2.05, 4.69) is 20.6 Å². The molecular weight excluding hydrogens is 604 g/mol. The predicted octanol–water partition coefficient (Wildman–Crippen LogP) is 5.10. The summed E-state index contributed by atoms with van der Waals surface area (Å²) in [4.78, 5) is 51.5. The third-order valence-electron chi connectivity index (χ3n) is 9.07. The van der Waals surface area contributed by atoms with E-state index in [9.17, 15) is 19.2 Å². The molecule has 4 aliphatic heterocycles. The second-order valence-corrected chi connectivity index (χ2v) is 12.0. The number of aryl methyl sites for hydroxylation is 4. The van der Waals surface area contributed by atoms with Gasteiger partial charge in [0.2, 0.25) is 0 Å². The van der Waals surface area contributed by atoms with Gasteiger partial charge in [0.1, 0.15) is 22.3 Å². The number of aliphatic hydroxyl groups excluding tert-OH is 1. The van der Waals surface area contributed by atoms with Crippen LogP contribution in [0.1, 0.15) is 83.0 Å². The lowest BCUT2D eigenvalue weighted by Gasteiger charge is -2.37. The van der Waals surface area contributed by atoms with Crippen molar-refractivity contribution in [1.29, 1.82) is 0 Å². The molecular formula is C36H42N2O9. The highest BCUT2D eigenvalue weighted by Crippen LogP contribution is 2.41. The van der Waals surface area contributed by atoms with E-state index in [1.165, 1.54) is 35.7 Å². The number of hydrogen-bond acceptors (Lipinski definition) is 10. The van der Waals surface area contributed by atoms with E-state index in [-0.39, 0.29) is 25.2 Å². The number of ether oxygens (including phenoxy) is 1. The van der Waals surface area contributed by atoms with Gasteiger partial charge in [0.15, 0.2) is 0 Å². The molecule has 2 aromatic heterocycles. The van der Waals surface area contributed by atoms with Crippen LogP contribution >= 0.6 is 0 Å². The molecule has 47 heavy (non-hydrogen) atoms. The zero-order valence-corrected chi connectivity index (χ0v) is 26.1. The second-order valence-electron chi connectivity index (χ2n) is 12.0. The number of aromatic carboxylic acids is 1. The van der Waals surface area contributed by atoms with Gasteiger partial charge >= 0.3 is 23.2 Å². The van der Waals surface area contributed by atoms with Crippen LogP contribution in [0, 0.1) is 0 Å².